The minimum absolute atomic E-state index is 0.103. The lowest BCUT2D eigenvalue weighted by molar-refractivity contribution is -0.385. The van der Waals surface area contributed by atoms with E-state index in [1.54, 1.807) is 23.0 Å². The standard InChI is InChI=1S/C14H9BrN4O3/c15-13-8-11(19(20)21)9-16-14(13)22-12-4-2-10(3-5-12)18-7-1-6-17-18/h1-9H. The van der Waals surface area contributed by atoms with Crippen LogP contribution in [0.5, 0.6) is 11.6 Å². The first-order chi connectivity index (χ1) is 10.6. The molecule has 0 saturated carbocycles. The molecule has 0 unspecified atom stereocenters. The number of nitro groups is 1. The highest BCUT2D eigenvalue weighted by atomic mass is 79.9. The van der Waals surface area contributed by atoms with Crippen LogP contribution in [0.15, 0.2) is 59.5 Å². The number of nitrogens with zero attached hydrogens (tertiary/aromatic N) is 4. The summed E-state index contributed by atoms with van der Waals surface area (Å²) in [5, 5.41) is 14.8. The molecule has 0 atom stereocenters. The largest absolute Gasteiger partial charge is 0.438 e. The molecular formula is C14H9BrN4O3. The molecular weight excluding hydrogens is 352 g/mol. The average molecular weight is 361 g/mol. The van der Waals surface area contributed by atoms with Crippen LogP contribution < -0.4 is 4.74 Å². The van der Waals surface area contributed by atoms with Gasteiger partial charge >= 0.3 is 0 Å². The van der Waals surface area contributed by atoms with Gasteiger partial charge in [-0.1, -0.05) is 0 Å². The Balaban J connectivity index is 1.80. The van der Waals surface area contributed by atoms with E-state index in [4.69, 9.17) is 4.74 Å². The van der Waals surface area contributed by atoms with Crippen molar-refractivity contribution in [1.29, 1.82) is 0 Å². The second-order valence-corrected chi connectivity index (χ2v) is 5.14. The molecule has 0 bridgehead atoms. The van der Waals surface area contributed by atoms with E-state index in [0.717, 1.165) is 11.9 Å². The Morgan fingerprint density at radius 3 is 2.64 bits per heavy atom. The predicted octanol–water partition coefficient (Wildman–Crippen LogP) is 3.73. The molecule has 3 rings (SSSR count). The van der Waals surface area contributed by atoms with Crippen LogP contribution in [0.3, 0.4) is 0 Å². The van der Waals surface area contributed by atoms with E-state index in [-0.39, 0.29) is 11.6 Å². The fourth-order valence-corrected chi connectivity index (χ4v) is 2.21. The fraction of sp³-hybridized carbons (Fsp3) is 0. The smallest absolute Gasteiger partial charge is 0.288 e. The second-order valence-electron chi connectivity index (χ2n) is 4.28. The van der Waals surface area contributed by atoms with Crippen molar-refractivity contribution < 1.29 is 9.66 Å². The Bertz CT molecular complexity index is 803. The zero-order chi connectivity index (χ0) is 15.5. The van der Waals surface area contributed by atoms with Crippen molar-refractivity contribution in [3.05, 3.63) is 69.6 Å². The van der Waals surface area contributed by atoms with Gasteiger partial charge in [-0.3, -0.25) is 10.1 Å². The zero-order valence-corrected chi connectivity index (χ0v) is 12.7. The van der Waals surface area contributed by atoms with Crippen LogP contribution in [-0.4, -0.2) is 19.7 Å². The molecule has 0 radical (unpaired) electrons. The van der Waals surface area contributed by atoms with Gasteiger partial charge in [0.2, 0.25) is 5.88 Å². The highest BCUT2D eigenvalue weighted by Crippen LogP contribution is 2.30. The lowest BCUT2D eigenvalue weighted by Gasteiger charge is -2.07. The van der Waals surface area contributed by atoms with Crippen molar-refractivity contribution >= 4 is 21.6 Å². The van der Waals surface area contributed by atoms with Gasteiger partial charge in [0.25, 0.3) is 5.69 Å². The monoisotopic (exact) mass is 360 g/mol. The third-order valence-corrected chi connectivity index (χ3v) is 3.39. The summed E-state index contributed by atoms with van der Waals surface area (Å²) in [6, 6.07) is 10.4. The Labute approximate surface area is 133 Å². The average Bonchev–Trinajstić information content (AvgIpc) is 3.04. The molecule has 0 fully saturated rings. The minimum Gasteiger partial charge on any atom is -0.438 e. The molecule has 0 aliphatic heterocycles. The van der Waals surface area contributed by atoms with E-state index < -0.39 is 4.92 Å². The van der Waals surface area contributed by atoms with Gasteiger partial charge in [-0.2, -0.15) is 5.10 Å². The number of benzene rings is 1. The summed E-state index contributed by atoms with van der Waals surface area (Å²) in [6.07, 6.45) is 4.69. The van der Waals surface area contributed by atoms with Crippen molar-refractivity contribution in [1.82, 2.24) is 14.8 Å². The molecule has 2 heterocycles. The topological polar surface area (TPSA) is 83.1 Å². The van der Waals surface area contributed by atoms with E-state index >= 15 is 0 Å². The molecule has 0 N–H and O–H groups in total. The molecule has 0 aliphatic rings. The Morgan fingerprint density at radius 2 is 2.05 bits per heavy atom. The molecule has 3 aromatic rings. The van der Waals surface area contributed by atoms with Gasteiger partial charge < -0.3 is 4.74 Å². The van der Waals surface area contributed by atoms with E-state index in [1.165, 1.54) is 6.07 Å². The second kappa shape index (κ2) is 5.94. The number of halogens is 1. The van der Waals surface area contributed by atoms with Gasteiger partial charge in [0, 0.05) is 18.5 Å². The normalized spacial score (nSPS) is 10.4. The summed E-state index contributed by atoms with van der Waals surface area (Å²) in [4.78, 5) is 14.1. The van der Waals surface area contributed by atoms with Gasteiger partial charge in [0.05, 0.1) is 15.1 Å². The zero-order valence-electron chi connectivity index (χ0n) is 11.1. The number of hydrogen-bond donors (Lipinski definition) is 0. The molecule has 8 heteroatoms. The minimum atomic E-state index is -0.513. The molecule has 2 aromatic heterocycles. The number of rotatable bonds is 4. The van der Waals surface area contributed by atoms with Gasteiger partial charge in [-0.15, -0.1) is 0 Å². The maximum absolute atomic E-state index is 10.7. The summed E-state index contributed by atoms with van der Waals surface area (Å²) < 4.78 is 7.75. The van der Waals surface area contributed by atoms with E-state index in [0.29, 0.717) is 10.2 Å². The molecule has 0 amide bonds. The van der Waals surface area contributed by atoms with Crippen molar-refractivity contribution in [2.24, 2.45) is 0 Å². The van der Waals surface area contributed by atoms with Gasteiger partial charge in [-0.05, 0) is 46.3 Å². The van der Waals surface area contributed by atoms with Crippen LogP contribution in [0.25, 0.3) is 5.69 Å². The van der Waals surface area contributed by atoms with Crippen LogP contribution in [0.4, 0.5) is 5.69 Å². The van der Waals surface area contributed by atoms with E-state index in [1.807, 2.05) is 24.4 Å². The number of ether oxygens (including phenoxy) is 1. The van der Waals surface area contributed by atoms with E-state index in [9.17, 15) is 10.1 Å². The molecule has 1 aromatic carbocycles. The van der Waals surface area contributed by atoms with E-state index in [2.05, 4.69) is 26.0 Å². The van der Waals surface area contributed by atoms with Crippen molar-refractivity contribution in [2.45, 2.75) is 0 Å². The van der Waals surface area contributed by atoms with Crippen LogP contribution in [-0.2, 0) is 0 Å². The lowest BCUT2D eigenvalue weighted by atomic mass is 10.3. The fourth-order valence-electron chi connectivity index (χ4n) is 1.79. The molecule has 0 aliphatic carbocycles. The highest BCUT2D eigenvalue weighted by molar-refractivity contribution is 9.10. The first-order valence-corrected chi connectivity index (χ1v) is 7.00. The quantitative estimate of drug-likeness (QED) is 0.522. The summed E-state index contributed by atoms with van der Waals surface area (Å²) in [5.41, 5.74) is 0.793. The van der Waals surface area contributed by atoms with Gasteiger partial charge in [0.1, 0.15) is 11.9 Å². The number of pyridine rings is 1. The maximum atomic E-state index is 10.7. The molecule has 7 nitrogen and oxygen atoms in total. The first-order valence-electron chi connectivity index (χ1n) is 6.21. The summed E-state index contributed by atoms with van der Waals surface area (Å²) in [7, 11) is 0. The van der Waals surface area contributed by atoms with Crippen molar-refractivity contribution in [2.75, 3.05) is 0 Å². The SMILES string of the molecule is O=[N+]([O-])c1cnc(Oc2ccc(-n3cccn3)cc2)c(Br)c1. The maximum Gasteiger partial charge on any atom is 0.288 e. The Hall–Kier alpha value is -2.74. The van der Waals surface area contributed by atoms with Crippen LogP contribution >= 0.6 is 15.9 Å². The third-order valence-electron chi connectivity index (χ3n) is 2.82. The molecule has 110 valence electrons. The van der Waals surface area contributed by atoms with Crippen molar-refractivity contribution in [3.8, 4) is 17.3 Å². The van der Waals surface area contributed by atoms with Crippen LogP contribution in [0, 0.1) is 10.1 Å². The number of aromatic nitrogens is 3. The summed E-state index contributed by atoms with van der Waals surface area (Å²) in [5.74, 6) is 0.829. The van der Waals surface area contributed by atoms with Crippen LogP contribution in [0.1, 0.15) is 0 Å². The first kappa shape index (κ1) is 14.2. The van der Waals surface area contributed by atoms with Crippen molar-refractivity contribution in [3.63, 3.8) is 0 Å². The summed E-state index contributed by atoms with van der Waals surface area (Å²) in [6.45, 7) is 0. The summed E-state index contributed by atoms with van der Waals surface area (Å²) >= 11 is 3.21. The highest BCUT2D eigenvalue weighted by Gasteiger charge is 2.12. The third kappa shape index (κ3) is 2.96. The molecule has 0 spiro atoms. The molecule has 0 saturated heterocycles. The Morgan fingerprint density at radius 1 is 1.27 bits per heavy atom. The predicted molar refractivity (Wildman–Crippen MR) is 82.2 cm³/mol. The van der Waals surface area contributed by atoms with Gasteiger partial charge in [-0.25, -0.2) is 9.67 Å². The van der Waals surface area contributed by atoms with Crippen LogP contribution in [0.2, 0.25) is 0 Å². The lowest BCUT2D eigenvalue weighted by Crippen LogP contribution is -1.95. The molecule has 22 heavy (non-hydrogen) atoms. The Kier molecular flexibility index (Phi) is 3.84. The number of hydrogen-bond acceptors (Lipinski definition) is 5. The van der Waals surface area contributed by atoms with Gasteiger partial charge in [0.15, 0.2) is 0 Å².